The molecule has 2 saturated heterocycles. The van der Waals surface area contributed by atoms with E-state index in [4.69, 9.17) is 4.42 Å². The Bertz CT molecular complexity index is 341. The summed E-state index contributed by atoms with van der Waals surface area (Å²) in [5, 5.41) is 3.94. The Labute approximate surface area is 100 Å². The zero-order chi connectivity index (χ0) is 10.8. The molecule has 0 bridgehead atoms. The van der Waals surface area contributed by atoms with E-state index in [1.807, 2.05) is 18.0 Å². The first-order valence-electron chi connectivity index (χ1n) is 6.21. The Morgan fingerprint density at radius 1 is 1.38 bits per heavy atom. The Balaban J connectivity index is 1.71. The fraction of sp³-hybridized carbons (Fsp3) is 0.750. The Hall–Kier alpha value is -0.480. The third-order valence-corrected chi connectivity index (χ3v) is 4.86. The topological polar surface area (TPSA) is 38.1 Å². The maximum atomic E-state index is 5.64. The van der Waals surface area contributed by atoms with Gasteiger partial charge in [-0.25, -0.2) is 4.98 Å². The second-order valence-electron chi connectivity index (χ2n) is 4.66. The quantitative estimate of drug-likeness (QED) is 0.859. The lowest BCUT2D eigenvalue weighted by molar-refractivity contribution is 0.457. The van der Waals surface area contributed by atoms with Crippen LogP contribution in [0.4, 0.5) is 0 Å². The first-order valence-corrected chi connectivity index (χ1v) is 7.26. The van der Waals surface area contributed by atoms with E-state index in [-0.39, 0.29) is 0 Å². The molecule has 1 N–H and O–H groups in total. The molecule has 2 aliphatic heterocycles. The summed E-state index contributed by atoms with van der Waals surface area (Å²) in [5.41, 5.74) is 1.17. The van der Waals surface area contributed by atoms with Gasteiger partial charge in [0.25, 0.3) is 0 Å². The number of aromatic nitrogens is 1. The van der Waals surface area contributed by atoms with Crippen LogP contribution < -0.4 is 5.32 Å². The largest absolute Gasteiger partial charge is 0.448 e. The van der Waals surface area contributed by atoms with E-state index in [2.05, 4.69) is 10.3 Å². The molecule has 2 unspecified atom stereocenters. The lowest BCUT2D eigenvalue weighted by Gasteiger charge is -2.18. The van der Waals surface area contributed by atoms with Gasteiger partial charge in [0.15, 0.2) is 5.89 Å². The third-order valence-electron chi connectivity index (χ3n) is 3.46. The van der Waals surface area contributed by atoms with Gasteiger partial charge in [0.1, 0.15) is 6.26 Å². The Morgan fingerprint density at radius 3 is 3.12 bits per heavy atom. The van der Waals surface area contributed by atoms with E-state index in [0.717, 1.165) is 25.4 Å². The van der Waals surface area contributed by atoms with E-state index >= 15 is 0 Å². The normalized spacial score (nSPS) is 30.8. The molecule has 2 fully saturated rings. The number of nitrogens with one attached hydrogen (secondary N) is 1. The minimum Gasteiger partial charge on any atom is -0.448 e. The molecule has 3 rings (SSSR count). The van der Waals surface area contributed by atoms with Gasteiger partial charge in [-0.05, 0) is 31.6 Å². The number of rotatable bonds is 2. The van der Waals surface area contributed by atoms with Gasteiger partial charge in [-0.3, -0.25) is 0 Å². The second kappa shape index (κ2) is 4.80. The highest BCUT2D eigenvalue weighted by Crippen LogP contribution is 2.38. The molecule has 0 aliphatic carbocycles. The number of oxazole rings is 1. The molecule has 2 atom stereocenters. The van der Waals surface area contributed by atoms with Crippen LogP contribution in [-0.4, -0.2) is 23.8 Å². The summed E-state index contributed by atoms with van der Waals surface area (Å²) in [4.78, 5) is 4.69. The fourth-order valence-corrected chi connectivity index (χ4v) is 3.74. The maximum absolute atomic E-state index is 5.64. The summed E-state index contributed by atoms with van der Waals surface area (Å²) in [6, 6.07) is 0. The summed E-state index contributed by atoms with van der Waals surface area (Å²) in [7, 11) is 0. The molecule has 0 amide bonds. The van der Waals surface area contributed by atoms with Crippen molar-refractivity contribution in [2.45, 2.75) is 36.9 Å². The molecular weight excluding hydrogens is 220 g/mol. The number of hydrogen-bond donors (Lipinski definition) is 1. The van der Waals surface area contributed by atoms with Crippen molar-refractivity contribution in [3.05, 3.63) is 17.8 Å². The van der Waals surface area contributed by atoms with Gasteiger partial charge in [-0.15, -0.1) is 0 Å². The number of nitrogens with zero attached hydrogens (tertiary/aromatic N) is 1. The first kappa shape index (κ1) is 10.7. The second-order valence-corrected chi connectivity index (χ2v) is 5.97. The highest BCUT2D eigenvalue weighted by Gasteiger charge is 2.24. The molecule has 0 saturated carbocycles. The molecule has 3 nitrogen and oxygen atoms in total. The van der Waals surface area contributed by atoms with E-state index < -0.39 is 0 Å². The van der Waals surface area contributed by atoms with Crippen molar-refractivity contribution in [2.75, 3.05) is 18.8 Å². The van der Waals surface area contributed by atoms with Crippen molar-refractivity contribution in [3.63, 3.8) is 0 Å². The van der Waals surface area contributed by atoms with E-state index in [1.54, 1.807) is 0 Å². The van der Waals surface area contributed by atoms with E-state index in [1.165, 1.54) is 30.7 Å². The fourth-order valence-electron chi connectivity index (χ4n) is 2.48. The van der Waals surface area contributed by atoms with Crippen molar-refractivity contribution in [3.8, 4) is 0 Å². The summed E-state index contributed by atoms with van der Waals surface area (Å²) >= 11 is 2.03. The minimum atomic E-state index is 0.502. The molecule has 3 heterocycles. The molecule has 1 aromatic heterocycles. The molecule has 1 aromatic rings. The van der Waals surface area contributed by atoms with Gasteiger partial charge in [-0.1, -0.05) is 6.42 Å². The molecule has 2 aliphatic rings. The van der Waals surface area contributed by atoms with Crippen LogP contribution in [0.2, 0.25) is 0 Å². The van der Waals surface area contributed by atoms with Crippen molar-refractivity contribution in [1.82, 2.24) is 10.3 Å². The van der Waals surface area contributed by atoms with Gasteiger partial charge in [-0.2, -0.15) is 11.8 Å². The SMILES string of the molecule is c1oc(C2CCNC2)nc1C1CCCCS1. The summed E-state index contributed by atoms with van der Waals surface area (Å²) in [6.45, 7) is 2.12. The van der Waals surface area contributed by atoms with Crippen molar-refractivity contribution in [1.29, 1.82) is 0 Å². The van der Waals surface area contributed by atoms with Crippen LogP contribution in [0.3, 0.4) is 0 Å². The van der Waals surface area contributed by atoms with Crippen LogP contribution in [0, 0.1) is 0 Å². The molecule has 16 heavy (non-hydrogen) atoms. The van der Waals surface area contributed by atoms with Gasteiger partial charge < -0.3 is 9.73 Å². The van der Waals surface area contributed by atoms with Gasteiger partial charge in [0.05, 0.1) is 10.9 Å². The number of hydrogen-bond acceptors (Lipinski definition) is 4. The Kier molecular flexibility index (Phi) is 3.20. The highest BCUT2D eigenvalue weighted by atomic mass is 32.2. The first-order chi connectivity index (χ1) is 7.93. The van der Waals surface area contributed by atoms with Crippen molar-refractivity contribution < 1.29 is 4.42 Å². The van der Waals surface area contributed by atoms with Crippen LogP contribution in [-0.2, 0) is 0 Å². The average Bonchev–Trinajstić information content (AvgIpc) is 3.01. The van der Waals surface area contributed by atoms with Gasteiger partial charge in [0, 0.05) is 12.5 Å². The predicted octanol–water partition coefficient (Wildman–Crippen LogP) is 2.71. The lowest BCUT2D eigenvalue weighted by atomic mass is 10.1. The van der Waals surface area contributed by atoms with Crippen molar-refractivity contribution in [2.24, 2.45) is 0 Å². The van der Waals surface area contributed by atoms with Crippen LogP contribution in [0.1, 0.15) is 48.4 Å². The predicted molar refractivity (Wildman–Crippen MR) is 65.8 cm³/mol. The van der Waals surface area contributed by atoms with Crippen LogP contribution in [0.5, 0.6) is 0 Å². The maximum Gasteiger partial charge on any atom is 0.198 e. The van der Waals surface area contributed by atoms with Crippen LogP contribution >= 0.6 is 11.8 Å². The molecule has 0 aromatic carbocycles. The standard InChI is InChI=1S/C12H18N2OS/c1-2-6-16-11(3-1)10-8-15-12(14-10)9-4-5-13-7-9/h8-9,11,13H,1-7H2. The molecule has 0 spiro atoms. The lowest BCUT2D eigenvalue weighted by Crippen LogP contribution is -2.08. The summed E-state index contributed by atoms with van der Waals surface area (Å²) < 4.78 is 5.64. The smallest absolute Gasteiger partial charge is 0.198 e. The highest BCUT2D eigenvalue weighted by molar-refractivity contribution is 7.99. The van der Waals surface area contributed by atoms with E-state index in [0.29, 0.717) is 11.2 Å². The van der Waals surface area contributed by atoms with Crippen LogP contribution in [0.25, 0.3) is 0 Å². The minimum absolute atomic E-state index is 0.502. The molecule has 4 heteroatoms. The Morgan fingerprint density at radius 2 is 2.38 bits per heavy atom. The average molecular weight is 238 g/mol. The third kappa shape index (κ3) is 2.13. The monoisotopic (exact) mass is 238 g/mol. The van der Waals surface area contributed by atoms with E-state index in [9.17, 15) is 0 Å². The number of thioether (sulfide) groups is 1. The summed E-state index contributed by atoms with van der Waals surface area (Å²) in [6.07, 6.45) is 7.01. The zero-order valence-corrected chi connectivity index (χ0v) is 10.3. The van der Waals surface area contributed by atoms with Crippen molar-refractivity contribution >= 4 is 11.8 Å². The molecular formula is C12H18N2OS. The van der Waals surface area contributed by atoms with Crippen LogP contribution in [0.15, 0.2) is 10.7 Å². The van der Waals surface area contributed by atoms with Gasteiger partial charge in [0.2, 0.25) is 0 Å². The summed E-state index contributed by atoms with van der Waals surface area (Å²) in [5.74, 6) is 2.73. The van der Waals surface area contributed by atoms with Gasteiger partial charge >= 0.3 is 0 Å². The molecule has 88 valence electrons. The molecule has 0 radical (unpaired) electrons. The zero-order valence-electron chi connectivity index (χ0n) is 9.45.